The molecule has 0 heterocycles. The van der Waals surface area contributed by atoms with E-state index < -0.39 is 0 Å². The fourth-order valence-corrected chi connectivity index (χ4v) is 3.26. The van der Waals surface area contributed by atoms with Gasteiger partial charge in [-0.3, -0.25) is 0 Å². The van der Waals surface area contributed by atoms with Crippen LogP contribution in [0.1, 0.15) is 39.8 Å². The SMILES string of the molecule is COc1c(C)c(C)c(OC)c(CCCOCc2ccc(C)cc2)c1C. The largest absolute Gasteiger partial charge is 0.496 e. The van der Waals surface area contributed by atoms with Crippen molar-refractivity contribution < 1.29 is 14.2 Å². The highest BCUT2D eigenvalue weighted by molar-refractivity contribution is 5.58. The molecule has 3 heteroatoms. The first-order valence-corrected chi connectivity index (χ1v) is 8.83. The van der Waals surface area contributed by atoms with Crippen LogP contribution in [0.4, 0.5) is 0 Å². The highest BCUT2D eigenvalue weighted by Gasteiger charge is 2.18. The number of rotatable bonds is 8. The molecule has 0 unspecified atom stereocenters. The van der Waals surface area contributed by atoms with Gasteiger partial charge in [-0.15, -0.1) is 0 Å². The van der Waals surface area contributed by atoms with Gasteiger partial charge in [-0.05, 0) is 62.8 Å². The molecule has 0 saturated carbocycles. The van der Waals surface area contributed by atoms with Crippen LogP contribution < -0.4 is 9.47 Å². The molecule has 0 saturated heterocycles. The van der Waals surface area contributed by atoms with Crippen molar-refractivity contribution in [3.05, 3.63) is 57.6 Å². The van der Waals surface area contributed by atoms with Crippen molar-refractivity contribution in [2.24, 2.45) is 0 Å². The third-order valence-corrected chi connectivity index (χ3v) is 4.82. The van der Waals surface area contributed by atoms with Gasteiger partial charge in [0.15, 0.2) is 0 Å². The van der Waals surface area contributed by atoms with E-state index in [0.717, 1.165) is 42.1 Å². The van der Waals surface area contributed by atoms with E-state index in [2.05, 4.69) is 52.0 Å². The Morgan fingerprint density at radius 1 is 0.760 bits per heavy atom. The van der Waals surface area contributed by atoms with Gasteiger partial charge in [-0.1, -0.05) is 29.8 Å². The fraction of sp³-hybridized carbons (Fsp3) is 0.455. The summed E-state index contributed by atoms with van der Waals surface area (Å²) in [4.78, 5) is 0. The zero-order valence-electron chi connectivity index (χ0n) is 16.4. The Bertz CT molecular complexity index is 702. The van der Waals surface area contributed by atoms with Gasteiger partial charge in [-0.25, -0.2) is 0 Å². The van der Waals surface area contributed by atoms with Crippen LogP contribution in [-0.2, 0) is 17.8 Å². The van der Waals surface area contributed by atoms with Crippen LogP contribution in [-0.4, -0.2) is 20.8 Å². The summed E-state index contributed by atoms with van der Waals surface area (Å²) in [5, 5.41) is 0. The van der Waals surface area contributed by atoms with E-state index in [4.69, 9.17) is 14.2 Å². The van der Waals surface area contributed by atoms with Crippen molar-refractivity contribution in [3.63, 3.8) is 0 Å². The molecule has 25 heavy (non-hydrogen) atoms. The van der Waals surface area contributed by atoms with E-state index in [1.165, 1.54) is 22.3 Å². The van der Waals surface area contributed by atoms with Crippen LogP contribution >= 0.6 is 0 Å². The van der Waals surface area contributed by atoms with E-state index in [9.17, 15) is 0 Å². The van der Waals surface area contributed by atoms with Gasteiger partial charge in [0.2, 0.25) is 0 Å². The molecular formula is C22H30O3. The number of ether oxygens (including phenoxy) is 3. The van der Waals surface area contributed by atoms with Crippen molar-refractivity contribution in [3.8, 4) is 11.5 Å². The van der Waals surface area contributed by atoms with Gasteiger partial charge in [0.1, 0.15) is 11.5 Å². The summed E-state index contributed by atoms with van der Waals surface area (Å²) >= 11 is 0. The molecule has 0 N–H and O–H groups in total. The topological polar surface area (TPSA) is 27.7 Å². The van der Waals surface area contributed by atoms with E-state index in [0.29, 0.717) is 6.61 Å². The highest BCUT2D eigenvalue weighted by Crippen LogP contribution is 2.38. The van der Waals surface area contributed by atoms with Crippen LogP contribution in [0.25, 0.3) is 0 Å². The lowest BCUT2D eigenvalue weighted by Gasteiger charge is -2.20. The molecule has 0 radical (unpaired) electrons. The molecular weight excluding hydrogens is 312 g/mol. The molecule has 2 rings (SSSR count). The highest BCUT2D eigenvalue weighted by atomic mass is 16.5. The van der Waals surface area contributed by atoms with E-state index in [1.54, 1.807) is 14.2 Å². The van der Waals surface area contributed by atoms with Gasteiger partial charge in [-0.2, -0.15) is 0 Å². The van der Waals surface area contributed by atoms with Gasteiger partial charge < -0.3 is 14.2 Å². The molecule has 0 aliphatic heterocycles. The lowest BCUT2D eigenvalue weighted by molar-refractivity contribution is 0.118. The molecule has 2 aromatic rings. The molecule has 0 amide bonds. The minimum atomic E-state index is 0.659. The number of hydrogen-bond acceptors (Lipinski definition) is 3. The fourth-order valence-electron chi connectivity index (χ4n) is 3.26. The Hall–Kier alpha value is -2.00. The van der Waals surface area contributed by atoms with Crippen molar-refractivity contribution in [2.75, 3.05) is 20.8 Å². The van der Waals surface area contributed by atoms with Gasteiger partial charge in [0.25, 0.3) is 0 Å². The molecule has 0 fully saturated rings. The lowest BCUT2D eigenvalue weighted by atomic mass is 9.94. The Kier molecular flexibility index (Phi) is 6.89. The molecule has 3 nitrogen and oxygen atoms in total. The van der Waals surface area contributed by atoms with Crippen LogP contribution in [0.3, 0.4) is 0 Å². The maximum atomic E-state index is 5.83. The smallest absolute Gasteiger partial charge is 0.125 e. The standard InChI is InChI=1S/C22H30O3/c1-15-9-11-19(12-10-15)14-25-13-7-8-20-18(4)21(23-5)16(2)17(3)22(20)24-6/h9-12H,7-8,13-14H2,1-6H3. The summed E-state index contributed by atoms with van der Waals surface area (Å²) in [6, 6.07) is 8.48. The second kappa shape index (κ2) is 8.91. The maximum Gasteiger partial charge on any atom is 0.125 e. The van der Waals surface area contributed by atoms with Crippen LogP contribution in [0.15, 0.2) is 24.3 Å². The van der Waals surface area contributed by atoms with E-state index >= 15 is 0 Å². The zero-order chi connectivity index (χ0) is 18.4. The Labute approximate surface area is 151 Å². The molecule has 0 atom stereocenters. The second-order valence-electron chi connectivity index (χ2n) is 6.56. The summed E-state index contributed by atoms with van der Waals surface area (Å²) in [5.41, 5.74) is 7.18. The minimum absolute atomic E-state index is 0.659. The van der Waals surface area contributed by atoms with Crippen LogP contribution in [0.5, 0.6) is 11.5 Å². The first-order valence-electron chi connectivity index (χ1n) is 8.83. The summed E-state index contributed by atoms with van der Waals surface area (Å²) < 4.78 is 17.1. The van der Waals surface area contributed by atoms with E-state index in [1.807, 2.05) is 0 Å². The normalized spacial score (nSPS) is 10.8. The summed E-state index contributed by atoms with van der Waals surface area (Å²) in [5.74, 6) is 1.95. The zero-order valence-corrected chi connectivity index (χ0v) is 16.4. The number of methoxy groups -OCH3 is 2. The predicted octanol–water partition coefficient (Wildman–Crippen LogP) is 5.09. The Morgan fingerprint density at radius 2 is 1.36 bits per heavy atom. The van der Waals surface area contributed by atoms with Crippen molar-refractivity contribution in [1.29, 1.82) is 0 Å². The molecule has 0 spiro atoms. The average Bonchev–Trinajstić information content (AvgIpc) is 2.61. The molecule has 136 valence electrons. The summed E-state index contributed by atoms with van der Waals surface area (Å²) in [7, 11) is 3.47. The third-order valence-electron chi connectivity index (χ3n) is 4.82. The van der Waals surface area contributed by atoms with E-state index in [-0.39, 0.29) is 0 Å². The summed E-state index contributed by atoms with van der Waals surface area (Å²) in [6.45, 7) is 9.76. The quantitative estimate of drug-likeness (QED) is 0.626. The van der Waals surface area contributed by atoms with Gasteiger partial charge in [0, 0.05) is 12.2 Å². The first-order chi connectivity index (χ1) is 12.0. The molecule has 0 aliphatic rings. The second-order valence-corrected chi connectivity index (χ2v) is 6.56. The maximum absolute atomic E-state index is 5.83. The number of aryl methyl sites for hydroxylation is 1. The predicted molar refractivity (Wildman–Crippen MR) is 103 cm³/mol. The van der Waals surface area contributed by atoms with Crippen molar-refractivity contribution in [2.45, 2.75) is 47.1 Å². The molecule has 2 aromatic carbocycles. The third kappa shape index (κ3) is 4.55. The summed E-state index contributed by atoms with van der Waals surface area (Å²) in [6.07, 6.45) is 1.87. The molecule has 0 aliphatic carbocycles. The minimum Gasteiger partial charge on any atom is -0.496 e. The monoisotopic (exact) mass is 342 g/mol. The number of hydrogen-bond donors (Lipinski definition) is 0. The van der Waals surface area contributed by atoms with Gasteiger partial charge >= 0.3 is 0 Å². The molecule has 0 aromatic heterocycles. The van der Waals surface area contributed by atoms with Crippen LogP contribution in [0.2, 0.25) is 0 Å². The van der Waals surface area contributed by atoms with Crippen LogP contribution in [0, 0.1) is 27.7 Å². The number of benzene rings is 2. The Balaban J connectivity index is 1.98. The first kappa shape index (κ1) is 19.3. The van der Waals surface area contributed by atoms with Crippen molar-refractivity contribution in [1.82, 2.24) is 0 Å². The molecule has 0 bridgehead atoms. The Morgan fingerprint density at radius 3 is 1.96 bits per heavy atom. The van der Waals surface area contributed by atoms with Gasteiger partial charge in [0.05, 0.1) is 20.8 Å². The average molecular weight is 342 g/mol. The lowest BCUT2D eigenvalue weighted by Crippen LogP contribution is -2.05. The van der Waals surface area contributed by atoms with Crippen molar-refractivity contribution >= 4 is 0 Å².